The van der Waals surface area contributed by atoms with Gasteiger partial charge in [-0.15, -0.1) is 0 Å². The van der Waals surface area contributed by atoms with Crippen LogP contribution in [-0.4, -0.2) is 47.5 Å². The third-order valence-electron chi connectivity index (χ3n) is 6.34. The maximum Gasteiger partial charge on any atom is 0.408 e. The Bertz CT molecular complexity index is 1030. The van der Waals surface area contributed by atoms with Crippen molar-refractivity contribution in [3.05, 3.63) is 71.3 Å². The van der Waals surface area contributed by atoms with Gasteiger partial charge in [-0.3, -0.25) is 9.59 Å². The third-order valence-corrected chi connectivity index (χ3v) is 6.34. The summed E-state index contributed by atoms with van der Waals surface area (Å²) in [5.74, 6) is -0.525. The van der Waals surface area contributed by atoms with Gasteiger partial charge in [0.05, 0.1) is 0 Å². The van der Waals surface area contributed by atoms with Crippen molar-refractivity contribution in [2.45, 2.75) is 97.8 Å². The molecule has 0 saturated carbocycles. The second-order valence-electron chi connectivity index (χ2n) is 11.1. The van der Waals surface area contributed by atoms with E-state index in [1.165, 1.54) is 0 Å². The van der Waals surface area contributed by atoms with Crippen molar-refractivity contribution in [2.24, 2.45) is 0 Å². The van der Waals surface area contributed by atoms with E-state index < -0.39 is 23.8 Å². The molecule has 3 amide bonds. The molecule has 7 heteroatoms. The van der Waals surface area contributed by atoms with E-state index >= 15 is 0 Å². The number of carbonyl (C=O) groups excluding carboxylic acids is 3. The number of benzene rings is 2. The van der Waals surface area contributed by atoms with E-state index in [9.17, 15) is 14.4 Å². The van der Waals surface area contributed by atoms with Crippen LogP contribution in [0.5, 0.6) is 0 Å². The number of alkyl carbamates (subject to hydrolysis) is 1. The highest BCUT2D eigenvalue weighted by Gasteiger charge is 2.36. The molecule has 0 heterocycles. The maximum atomic E-state index is 14.3. The van der Waals surface area contributed by atoms with E-state index in [1.807, 2.05) is 61.5 Å². The molecule has 0 aliphatic heterocycles. The summed E-state index contributed by atoms with van der Waals surface area (Å²) in [7, 11) is 0. The lowest BCUT2D eigenvalue weighted by atomic mass is 9.99. The van der Waals surface area contributed by atoms with Gasteiger partial charge in [0.15, 0.2) is 0 Å². The van der Waals surface area contributed by atoms with Crippen LogP contribution < -0.4 is 10.6 Å². The van der Waals surface area contributed by atoms with Crippen molar-refractivity contribution in [3.8, 4) is 0 Å². The number of nitrogens with one attached hydrogen (secondary N) is 2. The zero-order chi connectivity index (χ0) is 28.8. The molecule has 2 atom stereocenters. The van der Waals surface area contributed by atoms with Gasteiger partial charge in [0.2, 0.25) is 11.8 Å². The molecule has 2 N–H and O–H groups in total. The van der Waals surface area contributed by atoms with E-state index in [1.54, 1.807) is 25.7 Å². The van der Waals surface area contributed by atoms with Crippen LogP contribution in [0.1, 0.15) is 89.5 Å². The Balaban J connectivity index is 2.47. The van der Waals surface area contributed by atoms with Crippen molar-refractivity contribution in [2.75, 3.05) is 13.1 Å². The van der Waals surface area contributed by atoms with Crippen LogP contribution in [0.15, 0.2) is 54.6 Å². The Morgan fingerprint density at radius 3 is 2.13 bits per heavy atom. The van der Waals surface area contributed by atoms with E-state index in [0.29, 0.717) is 13.1 Å². The minimum absolute atomic E-state index is 0.213. The van der Waals surface area contributed by atoms with Crippen LogP contribution >= 0.6 is 0 Å². The van der Waals surface area contributed by atoms with Gasteiger partial charge in [-0.05, 0) is 51.7 Å². The van der Waals surface area contributed by atoms with Crippen molar-refractivity contribution >= 4 is 17.9 Å². The van der Waals surface area contributed by atoms with Gasteiger partial charge in [-0.25, -0.2) is 4.79 Å². The van der Waals surface area contributed by atoms with Gasteiger partial charge in [-0.2, -0.15) is 0 Å². The lowest BCUT2D eigenvalue weighted by molar-refractivity contribution is -0.142. The monoisotopic (exact) mass is 537 g/mol. The van der Waals surface area contributed by atoms with Crippen LogP contribution in [0.3, 0.4) is 0 Å². The summed E-state index contributed by atoms with van der Waals surface area (Å²) in [6.45, 7) is 12.4. The summed E-state index contributed by atoms with van der Waals surface area (Å²) < 4.78 is 5.50. The molecule has 0 saturated heterocycles. The molecule has 214 valence electrons. The largest absolute Gasteiger partial charge is 0.444 e. The topological polar surface area (TPSA) is 87.7 Å². The van der Waals surface area contributed by atoms with Gasteiger partial charge in [0.1, 0.15) is 17.7 Å². The number of carbonyl (C=O) groups is 3. The van der Waals surface area contributed by atoms with Crippen LogP contribution in [0, 0.1) is 6.92 Å². The summed E-state index contributed by atoms with van der Waals surface area (Å²) in [5.41, 5.74) is 2.00. The molecule has 0 aromatic heterocycles. The van der Waals surface area contributed by atoms with Gasteiger partial charge in [0.25, 0.3) is 0 Å². The molecule has 39 heavy (non-hydrogen) atoms. The molecule has 0 fully saturated rings. The SMILES string of the molecule is CCCCCNC(=O)C(c1ccc(C)cc1)N(CCCC)C(=O)C(Cc1ccccc1)NC(=O)OC(C)(C)C. The summed E-state index contributed by atoms with van der Waals surface area (Å²) in [6.07, 6.45) is 4.14. The Labute approximate surface area is 234 Å². The molecule has 0 bridgehead atoms. The number of hydrogen-bond acceptors (Lipinski definition) is 4. The van der Waals surface area contributed by atoms with Gasteiger partial charge in [-0.1, -0.05) is 93.3 Å². The van der Waals surface area contributed by atoms with Gasteiger partial charge < -0.3 is 20.3 Å². The summed E-state index contributed by atoms with van der Waals surface area (Å²) in [4.78, 5) is 42.4. The molecule has 0 radical (unpaired) electrons. The second-order valence-corrected chi connectivity index (χ2v) is 11.1. The van der Waals surface area contributed by atoms with Crippen molar-refractivity contribution in [3.63, 3.8) is 0 Å². The Morgan fingerprint density at radius 2 is 1.54 bits per heavy atom. The molecule has 2 unspecified atom stereocenters. The molecule has 2 aromatic rings. The van der Waals surface area contributed by atoms with E-state index in [0.717, 1.165) is 48.8 Å². The highest BCUT2D eigenvalue weighted by atomic mass is 16.6. The molecule has 2 rings (SSSR count). The summed E-state index contributed by atoms with van der Waals surface area (Å²) in [6, 6.07) is 15.6. The lowest BCUT2D eigenvalue weighted by Crippen LogP contribution is -2.54. The first kappa shape index (κ1) is 31.9. The number of ether oxygens (including phenoxy) is 1. The first-order valence-corrected chi connectivity index (χ1v) is 14.2. The average molecular weight is 538 g/mol. The van der Waals surface area contributed by atoms with E-state index in [2.05, 4.69) is 24.5 Å². The highest BCUT2D eigenvalue weighted by molar-refractivity contribution is 5.92. The molecule has 0 spiro atoms. The fourth-order valence-corrected chi connectivity index (χ4v) is 4.30. The minimum Gasteiger partial charge on any atom is -0.444 e. The molecule has 0 aliphatic carbocycles. The van der Waals surface area contributed by atoms with Crippen LogP contribution in [-0.2, 0) is 20.7 Å². The van der Waals surface area contributed by atoms with Crippen LogP contribution in [0.4, 0.5) is 4.79 Å². The Kier molecular flexibility index (Phi) is 13.0. The second kappa shape index (κ2) is 15.9. The number of amides is 3. The number of nitrogens with zero attached hydrogens (tertiary/aromatic N) is 1. The standard InChI is InChI=1S/C32H47N3O4/c1-7-9-14-21-33-29(36)28(26-19-17-24(3)18-20-26)35(22-10-8-2)30(37)27(23-25-15-12-11-13-16-25)34-31(38)39-32(4,5)6/h11-13,15-20,27-28H,7-10,14,21-23H2,1-6H3,(H,33,36)(H,34,38). The normalized spacial score (nSPS) is 12.8. The Morgan fingerprint density at radius 1 is 0.897 bits per heavy atom. The smallest absolute Gasteiger partial charge is 0.408 e. The van der Waals surface area contributed by atoms with Crippen molar-refractivity contribution in [1.82, 2.24) is 15.5 Å². The van der Waals surface area contributed by atoms with E-state index in [-0.39, 0.29) is 18.2 Å². The minimum atomic E-state index is -0.903. The van der Waals surface area contributed by atoms with Crippen LogP contribution in [0.2, 0.25) is 0 Å². The highest BCUT2D eigenvalue weighted by Crippen LogP contribution is 2.25. The number of unbranched alkanes of at least 4 members (excludes halogenated alkanes) is 3. The number of rotatable bonds is 14. The fourth-order valence-electron chi connectivity index (χ4n) is 4.30. The molecule has 7 nitrogen and oxygen atoms in total. The Hall–Kier alpha value is -3.35. The third kappa shape index (κ3) is 11.1. The predicted octanol–water partition coefficient (Wildman–Crippen LogP) is 6.11. The molecule has 2 aromatic carbocycles. The predicted molar refractivity (Wildman–Crippen MR) is 156 cm³/mol. The lowest BCUT2D eigenvalue weighted by Gasteiger charge is -2.34. The molecular weight excluding hydrogens is 490 g/mol. The van der Waals surface area contributed by atoms with Gasteiger partial charge >= 0.3 is 6.09 Å². The van der Waals surface area contributed by atoms with Crippen LogP contribution in [0.25, 0.3) is 0 Å². The fraction of sp³-hybridized carbons (Fsp3) is 0.531. The zero-order valence-corrected chi connectivity index (χ0v) is 24.6. The summed E-state index contributed by atoms with van der Waals surface area (Å²) >= 11 is 0. The molecule has 0 aliphatic rings. The van der Waals surface area contributed by atoms with Crippen molar-refractivity contribution < 1.29 is 19.1 Å². The number of aryl methyl sites for hydroxylation is 1. The zero-order valence-electron chi connectivity index (χ0n) is 24.6. The first-order chi connectivity index (χ1) is 18.6. The first-order valence-electron chi connectivity index (χ1n) is 14.2. The average Bonchev–Trinajstić information content (AvgIpc) is 2.88. The van der Waals surface area contributed by atoms with Crippen molar-refractivity contribution in [1.29, 1.82) is 0 Å². The summed E-state index contributed by atoms with van der Waals surface area (Å²) in [5, 5.41) is 5.87. The van der Waals surface area contributed by atoms with Gasteiger partial charge in [0, 0.05) is 19.5 Å². The number of hydrogen-bond donors (Lipinski definition) is 2. The quantitative estimate of drug-likeness (QED) is 0.285. The molecular formula is C32H47N3O4. The van der Waals surface area contributed by atoms with E-state index in [4.69, 9.17) is 4.74 Å². The maximum absolute atomic E-state index is 14.3.